The minimum Gasteiger partial charge on any atom is -0.326 e. The third-order valence-corrected chi connectivity index (χ3v) is 8.12. The Labute approximate surface area is 196 Å². The van der Waals surface area contributed by atoms with Gasteiger partial charge in [0.25, 0.3) is 0 Å². The average Bonchev–Trinajstić information content (AvgIpc) is 2.71. The highest BCUT2D eigenvalue weighted by Gasteiger charge is 2.35. The molecule has 1 aliphatic carbocycles. The smallest absolute Gasteiger partial charge is 0.244 e. The van der Waals surface area contributed by atoms with Crippen molar-refractivity contribution >= 4 is 33.2 Å². The summed E-state index contributed by atoms with van der Waals surface area (Å²) in [4.78, 5) is 24.6. The standard InChI is InChI=1S/C25H33N3O4S/c1-17-13-18(2)25(19(3)14-17)33(31,32)28(23-11-6-5-7-12-23)16-24(30)27-22-10-8-9-21(15-22)26-20(4)29/h8-10,13-15,23H,5-7,11-12,16H2,1-4H3,(H,26,29)(H,27,30). The van der Waals surface area contributed by atoms with Crippen LogP contribution in [0.4, 0.5) is 11.4 Å². The Bertz CT molecular complexity index is 1120. The molecule has 0 unspecified atom stereocenters. The maximum absolute atomic E-state index is 13.8. The fourth-order valence-electron chi connectivity index (χ4n) is 4.69. The number of carbonyl (C=O) groups excluding carboxylic acids is 2. The minimum atomic E-state index is -3.87. The molecule has 178 valence electrons. The first-order chi connectivity index (χ1) is 15.6. The van der Waals surface area contributed by atoms with Gasteiger partial charge in [-0.3, -0.25) is 9.59 Å². The average molecular weight is 472 g/mol. The Balaban J connectivity index is 1.89. The number of anilines is 2. The van der Waals surface area contributed by atoms with Gasteiger partial charge in [-0.1, -0.05) is 43.0 Å². The van der Waals surface area contributed by atoms with Gasteiger partial charge in [0, 0.05) is 24.3 Å². The molecule has 2 N–H and O–H groups in total. The molecule has 0 atom stereocenters. The molecule has 2 amide bonds. The molecule has 0 bridgehead atoms. The summed E-state index contributed by atoms with van der Waals surface area (Å²) >= 11 is 0. The Morgan fingerprint density at radius 3 is 2.09 bits per heavy atom. The van der Waals surface area contributed by atoms with E-state index in [2.05, 4.69) is 10.6 Å². The van der Waals surface area contributed by atoms with E-state index in [1.54, 1.807) is 38.1 Å². The van der Waals surface area contributed by atoms with Gasteiger partial charge in [0.15, 0.2) is 0 Å². The summed E-state index contributed by atoms with van der Waals surface area (Å²) < 4.78 is 29.1. The molecule has 0 aliphatic heterocycles. The molecule has 2 aromatic rings. The van der Waals surface area contributed by atoms with E-state index in [-0.39, 0.29) is 18.5 Å². The van der Waals surface area contributed by atoms with Crippen molar-refractivity contribution < 1.29 is 18.0 Å². The SMILES string of the molecule is CC(=O)Nc1cccc(NC(=O)CN(C2CCCCC2)S(=O)(=O)c2c(C)cc(C)cc2C)c1. The summed E-state index contributed by atoms with van der Waals surface area (Å²) in [6, 6.07) is 10.3. The van der Waals surface area contributed by atoms with Crippen molar-refractivity contribution in [2.75, 3.05) is 17.2 Å². The van der Waals surface area contributed by atoms with Crippen LogP contribution in [0.15, 0.2) is 41.3 Å². The van der Waals surface area contributed by atoms with Gasteiger partial charge in [0.1, 0.15) is 0 Å². The van der Waals surface area contributed by atoms with Gasteiger partial charge in [-0.25, -0.2) is 8.42 Å². The lowest BCUT2D eigenvalue weighted by molar-refractivity contribution is -0.117. The quantitative estimate of drug-likeness (QED) is 0.620. The summed E-state index contributed by atoms with van der Waals surface area (Å²) in [5, 5.41) is 5.47. The highest BCUT2D eigenvalue weighted by molar-refractivity contribution is 7.89. The summed E-state index contributed by atoms with van der Waals surface area (Å²) in [6.45, 7) is 6.70. The van der Waals surface area contributed by atoms with Crippen molar-refractivity contribution in [3.05, 3.63) is 53.1 Å². The van der Waals surface area contributed by atoms with Gasteiger partial charge in [-0.2, -0.15) is 4.31 Å². The highest BCUT2D eigenvalue weighted by atomic mass is 32.2. The number of benzene rings is 2. The minimum absolute atomic E-state index is 0.208. The van der Waals surface area contributed by atoms with Crippen LogP contribution in [0, 0.1) is 20.8 Å². The monoisotopic (exact) mass is 471 g/mol. The first-order valence-electron chi connectivity index (χ1n) is 11.3. The van der Waals surface area contributed by atoms with Crippen LogP contribution in [-0.2, 0) is 19.6 Å². The molecule has 8 heteroatoms. The van der Waals surface area contributed by atoms with Gasteiger partial charge in [0.2, 0.25) is 21.8 Å². The third-order valence-electron chi connectivity index (χ3n) is 5.92. The molecule has 33 heavy (non-hydrogen) atoms. The Kier molecular flexibility index (Phi) is 7.92. The van der Waals surface area contributed by atoms with Gasteiger partial charge in [-0.05, 0) is 62.9 Å². The maximum Gasteiger partial charge on any atom is 0.244 e. The van der Waals surface area contributed by atoms with Crippen LogP contribution < -0.4 is 10.6 Å². The molecule has 7 nitrogen and oxygen atoms in total. The van der Waals surface area contributed by atoms with Crippen molar-refractivity contribution in [2.45, 2.75) is 70.7 Å². The lowest BCUT2D eigenvalue weighted by Gasteiger charge is -2.33. The number of hydrogen-bond acceptors (Lipinski definition) is 4. The van der Waals surface area contributed by atoms with Crippen molar-refractivity contribution in [2.24, 2.45) is 0 Å². The third kappa shape index (κ3) is 6.21. The van der Waals surface area contributed by atoms with E-state index >= 15 is 0 Å². The molecule has 0 radical (unpaired) electrons. The van der Waals surface area contributed by atoms with Crippen LogP contribution >= 0.6 is 0 Å². The summed E-state index contributed by atoms with van der Waals surface area (Å²) in [7, 11) is -3.87. The fraction of sp³-hybridized carbons (Fsp3) is 0.440. The van der Waals surface area contributed by atoms with Crippen molar-refractivity contribution in [3.8, 4) is 0 Å². The van der Waals surface area contributed by atoms with Crippen molar-refractivity contribution in [1.82, 2.24) is 4.31 Å². The van der Waals surface area contributed by atoms with Gasteiger partial charge in [0.05, 0.1) is 11.4 Å². The number of sulfonamides is 1. The lowest BCUT2D eigenvalue weighted by Crippen LogP contribution is -2.46. The number of nitrogens with one attached hydrogen (secondary N) is 2. The molecular weight excluding hydrogens is 438 g/mol. The number of carbonyl (C=O) groups is 2. The van der Waals surface area contributed by atoms with Crippen molar-refractivity contribution in [3.63, 3.8) is 0 Å². The summed E-state index contributed by atoms with van der Waals surface area (Å²) in [6.07, 6.45) is 4.46. The zero-order valence-corrected chi connectivity index (χ0v) is 20.6. The second-order valence-corrected chi connectivity index (χ2v) is 10.7. The number of hydrogen-bond donors (Lipinski definition) is 2. The Morgan fingerprint density at radius 2 is 1.52 bits per heavy atom. The Hall–Kier alpha value is -2.71. The topological polar surface area (TPSA) is 95.6 Å². The number of rotatable bonds is 7. The van der Waals surface area contributed by atoms with Crippen LogP contribution in [-0.4, -0.2) is 37.1 Å². The predicted octanol–water partition coefficient (Wildman–Crippen LogP) is 4.53. The normalized spacial score (nSPS) is 14.8. The largest absolute Gasteiger partial charge is 0.326 e. The molecular formula is C25H33N3O4S. The van der Waals surface area contributed by atoms with Crippen molar-refractivity contribution in [1.29, 1.82) is 0 Å². The van der Waals surface area contributed by atoms with Gasteiger partial charge >= 0.3 is 0 Å². The molecule has 3 rings (SSSR count). The zero-order chi connectivity index (χ0) is 24.2. The van der Waals surface area contributed by atoms with E-state index in [9.17, 15) is 18.0 Å². The summed E-state index contributed by atoms with van der Waals surface area (Å²) in [5.41, 5.74) is 3.44. The molecule has 1 aliphatic rings. The first kappa shape index (κ1) is 24.9. The maximum atomic E-state index is 13.8. The van der Waals surface area contributed by atoms with Crippen LogP contribution in [0.5, 0.6) is 0 Å². The van der Waals surface area contributed by atoms with E-state index in [0.717, 1.165) is 37.7 Å². The van der Waals surface area contributed by atoms with E-state index in [0.29, 0.717) is 27.4 Å². The second kappa shape index (κ2) is 10.5. The first-order valence-corrected chi connectivity index (χ1v) is 12.8. The second-order valence-electron chi connectivity index (χ2n) is 8.88. The lowest BCUT2D eigenvalue weighted by atomic mass is 9.95. The molecule has 1 fully saturated rings. The highest BCUT2D eigenvalue weighted by Crippen LogP contribution is 2.31. The van der Waals surface area contributed by atoms with Gasteiger partial charge < -0.3 is 10.6 Å². The zero-order valence-electron chi connectivity index (χ0n) is 19.8. The van der Waals surface area contributed by atoms with Crippen LogP contribution in [0.3, 0.4) is 0 Å². The molecule has 0 aromatic heterocycles. The number of amides is 2. The fourth-order valence-corrected chi connectivity index (χ4v) is 6.75. The van der Waals surface area contributed by atoms with Crippen LogP contribution in [0.25, 0.3) is 0 Å². The van der Waals surface area contributed by atoms with E-state index in [4.69, 9.17) is 0 Å². The number of aryl methyl sites for hydroxylation is 3. The van der Waals surface area contributed by atoms with E-state index in [1.165, 1.54) is 11.2 Å². The Morgan fingerprint density at radius 1 is 0.939 bits per heavy atom. The molecule has 1 saturated carbocycles. The predicted molar refractivity (Wildman–Crippen MR) is 131 cm³/mol. The molecule has 0 heterocycles. The summed E-state index contributed by atoms with van der Waals surface area (Å²) in [5.74, 6) is -0.622. The van der Waals surface area contributed by atoms with Gasteiger partial charge in [-0.15, -0.1) is 0 Å². The van der Waals surface area contributed by atoms with Crippen LogP contribution in [0.1, 0.15) is 55.7 Å². The van der Waals surface area contributed by atoms with E-state index < -0.39 is 15.9 Å². The van der Waals surface area contributed by atoms with E-state index in [1.807, 2.05) is 19.1 Å². The molecule has 2 aromatic carbocycles. The number of nitrogens with zero attached hydrogens (tertiary/aromatic N) is 1. The van der Waals surface area contributed by atoms with Crippen LogP contribution in [0.2, 0.25) is 0 Å². The molecule has 0 saturated heterocycles. The molecule has 0 spiro atoms.